The molecule has 0 aliphatic carbocycles. The van der Waals surface area contributed by atoms with E-state index in [1.807, 2.05) is 37.3 Å². The second kappa shape index (κ2) is 12.5. The number of benzene rings is 2. The average Bonchev–Trinajstić information content (AvgIpc) is 3.48. The van der Waals surface area contributed by atoms with Crippen molar-refractivity contribution in [2.75, 3.05) is 13.1 Å². The van der Waals surface area contributed by atoms with E-state index in [0.29, 0.717) is 24.1 Å². The SMILES string of the molecule is CCC[C@@H]1CN(C(=O)OCc2cc(C)cc(C(F)(F)F)c2)[C@H]2CN(Cc3ccccc3)C(=O)[C@H](Cc3cnc[nH]3)N2C1=O. The first-order valence-corrected chi connectivity index (χ1v) is 14.3. The first-order chi connectivity index (χ1) is 20.5. The van der Waals surface area contributed by atoms with Crippen LogP contribution in [0.25, 0.3) is 0 Å². The van der Waals surface area contributed by atoms with Crippen LogP contribution in [0.15, 0.2) is 61.1 Å². The van der Waals surface area contributed by atoms with Crippen molar-refractivity contribution in [1.82, 2.24) is 24.7 Å². The molecule has 0 radical (unpaired) electrons. The molecule has 5 rings (SSSR count). The predicted octanol–water partition coefficient (Wildman–Crippen LogP) is 4.91. The van der Waals surface area contributed by atoms with Crippen molar-refractivity contribution in [2.24, 2.45) is 5.92 Å². The number of aromatic nitrogens is 2. The van der Waals surface area contributed by atoms with Gasteiger partial charge in [-0.2, -0.15) is 13.2 Å². The molecular weight excluding hydrogens is 563 g/mol. The molecule has 1 N–H and O–H groups in total. The van der Waals surface area contributed by atoms with Crippen LogP contribution in [0.1, 0.15) is 47.7 Å². The Kier molecular flexibility index (Phi) is 8.74. The lowest BCUT2D eigenvalue weighted by Crippen LogP contribution is -2.73. The average molecular weight is 598 g/mol. The van der Waals surface area contributed by atoms with Crippen LogP contribution in [-0.2, 0) is 40.1 Å². The summed E-state index contributed by atoms with van der Waals surface area (Å²) in [5.41, 5.74) is 1.34. The summed E-state index contributed by atoms with van der Waals surface area (Å²) >= 11 is 0. The molecule has 0 spiro atoms. The van der Waals surface area contributed by atoms with Gasteiger partial charge in [0.15, 0.2) is 0 Å². The molecule has 2 aliphatic rings. The van der Waals surface area contributed by atoms with E-state index in [9.17, 15) is 27.6 Å². The van der Waals surface area contributed by atoms with Crippen molar-refractivity contribution >= 4 is 17.9 Å². The van der Waals surface area contributed by atoms with E-state index in [1.165, 1.54) is 22.2 Å². The summed E-state index contributed by atoms with van der Waals surface area (Å²) in [5, 5.41) is 0. The second-order valence-electron chi connectivity index (χ2n) is 11.1. The number of halogens is 3. The largest absolute Gasteiger partial charge is 0.444 e. The second-order valence-corrected chi connectivity index (χ2v) is 11.1. The van der Waals surface area contributed by atoms with Gasteiger partial charge in [0, 0.05) is 31.4 Å². The van der Waals surface area contributed by atoms with Gasteiger partial charge in [-0.1, -0.05) is 55.3 Å². The van der Waals surface area contributed by atoms with E-state index in [2.05, 4.69) is 9.97 Å². The Morgan fingerprint density at radius 1 is 1.07 bits per heavy atom. The molecule has 0 saturated carbocycles. The number of hydrogen-bond donors (Lipinski definition) is 1. The third-order valence-corrected chi connectivity index (χ3v) is 7.90. The van der Waals surface area contributed by atoms with Crippen LogP contribution in [0.2, 0.25) is 0 Å². The normalized spacial score (nSPS) is 20.8. The standard InChI is InChI=1S/C31H34F3N5O4/c1-3-7-23-16-38(30(42)43-18-22-10-20(2)11-24(12-22)31(32,33)34)27-17-37(15-21-8-5-4-6-9-21)29(41)26(39(27)28(23)40)13-25-14-35-19-36-25/h4-6,8-12,14,19,23,26-27H,3,7,13,15-18H2,1-2H3,(H,35,36)/t23-,26+,27-/m1/s1. The topological polar surface area (TPSA) is 98.8 Å². The maximum absolute atomic E-state index is 13.9. The number of ether oxygens (including phenoxy) is 1. The third kappa shape index (κ3) is 6.68. The maximum Gasteiger partial charge on any atom is 0.416 e. The van der Waals surface area contributed by atoms with Crippen LogP contribution in [-0.4, -0.2) is 67.9 Å². The molecule has 0 bridgehead atoms. The van der Waals surface area contributed by atoms with E-state index in [4.69, 9.17) is 4.74 Å². The fourth-order valence-corrected chi connectivity index (χ4v) is 5.94. The van der Waals surface area contributed by atoms with E-state index < -0.39 is 36.0 Å². The maximum atomic E-state index is 13.9. The molecular formula is C31H34F3N5O4. The van der Waals surface area contributed by atoms with Crippen molar-refractivity contribution in [3.8, 4) is 0 Å². The minimum atomic E-state index is -4.54. The van der Waals surface area contributed by atoms with Crippen molar-refractivity contribution < 1.29 is 32.3 Å². The molecule has 12 heteroatoms. The Balaban J connectivity index is 1.45. The molecule has 2 saturated heterocycles. The van der Waals surface area contributed by atoms with Gasteiger partial charge in [0.2, 0.25) is 11.8 Å². The highest BCUT2D eigenvalue weighted by Gasteiger charge is 2.52. The summed E-state index contributed by atoms with van der Waals surface area (Å²) in [6.45, 7) is 3.53. The molecule has 228 valence electrons. The summed E-state index contributed by atoms with van der Waals surface area (Å²) in [4.78, 5) is 53.1. The zero-order valence-corrected chi connectivity index (χ0v) is 24.0. The van der Waals surface area contributed by atoms with Gasteiger partial charge in [-0.05, 0) is 36.6 Å². The summed E-state index contributed by atoms with van der Waals surface area (Å²) < 4.78 is 45.7. The van der Waals surface area contributed by atoms with Crippen LogP contribution in [0.5, 0.6) is 0 Å². The number of carbonyl (C=O) groups is 3. The lowest BCUT2D eigenvalue weighted by atomic mass is 9.92. The number of amides is 3. The Morgan fingerprint density at radius 2 is 1.84 bits per heavy atom. The minimum Gasteiger partial charge on any atom is -0.444 e. The van der Waals surface area contributed by atoms with Crippen LogP contribution < -0.4 is 0 Å². The first-order valence-electron chi connectivity index (χ1n) is 14.3. The van der Waals surface area contributed by atoms with Crippen LogP contribution in [0, 0.1) is 12.8 Å². The number of nitrogens with zero attached hydrogens (tertiary/aromatic N) is 4. The number of aromatic amines is 1. The third-order valence-electron chi connectivity index (χ3n) is 7.90. The zero-order chi connectivity index (χ0) is 30.7. The number of rotatable bonds is 8. The Hall–Kier alpha value is -4.35. The molecule has 2 aromatic carbocycles. The number of hydrogen-bond acceptors (Lipinski definition) is 5. The zero-order valence-electron chi connectivity index (χ0n) is 24.0. The van der Waals surface area contributed by atoms with Crippen LogP contribution in [0.3, 0.4) is 0 Å². The minimum absolute atomic E-state index is 0.0650. The van der Waals surface area contributed by atoms with E-state index in [0.717, 1.165) is 17.7 Å². The van der Waals surface area contributed by atoms with Gasteiger partial charge in [-0.15, -0.1) is 0 Å². The molecule has 3 amide bonds. The molecule has 1 aromatic heterocycles. The number of nitrogens with one attached hydrogen (secondary N) is 1. The Morgan fingerprint density at radius 3 is 2.51 bits per heavy atom. The van der Waals surface area contributed by atoms with Crippen molar-refractivity contribution in [3.63, 3.8) is 0 Å². The lowest BCUT2D eigenvalue weighted by molar-refractivity contribution is -0.173. The van der Waals surface area contributed by atoms with Gasteiger partial charge in [0.25, 0.3) is 0 Å². The fourth-order valence-electron chi connectivity index (χ4n) is 5.94. The number of fused-ring (bicyclic) bond motifs is 1. The van der Waals surface area contributed by atoms with Crippen molar-refractivity contribution in [3.05, 3.63) is 89.0 Å². The van der Waals surface area contributed by atoms with Crippen LogP contribution in [0.4, 0.5) is 18.0 Å². The van der Waals surface area contributed by atoms with Gasteiger partial charge < -0.3 is 19.5 Å². The highest BCUT2D eigenvalue weighted by atomic mass is 19.4. The number of carbonyl (C=O) groups excluding carboxylic acids is 3. The lowest BCUT2D eigenvalue weighted by Gasteiger charge is -2.53. The number of alkyl halides is 3. The first kappa shape index (κ1) is 30.1. The molecule has 3 aromatic rings. The summed E-state index contributed by atoms with van der Waals surface area (Å²) in [5.74, 6) is -1.00. The van der Waals surface area contributed by atoms with Gasteiger partial charge in [0.1, 0.15) is 18.8 Å². The highest BCUT2D eigenvalue weighted by molar-refractivity contribution is 5.92. The number of H-pyrrole nitrogens is 1. The highest BCUT2D eigenvalue weighted by Crippen LogP contribution is 2.33. The van der Waals surface area contributed by atoms with Gasteiger partial charge in [-0.3, -0.25) is 14.5 Å². The number of imidazole rings is 1. The number of aryl methyl sites for hydroxylation is 1. The molecule has 3 atom stereocenters. The Bertz CT molecular complexity index is 1450. The quantitative estimate of drug-likeness (QED) is 0.398. The van der Waals surface area contributed by atoms with E-state index >= 15 is 0 Å². The summed E-state index contributed by atoms with van der Waals surface area (Å²) in [6, 6.07) is 12.1. The summed E-state index contributed by atoms with van der Waals surface area (Å²) in [6.07, 6.45) is -1.65. The van der Waals surface area contributed by atoms with Crippen molar-refractivity contribution in [1.29, 1.82) is 0 Å². The van der Waals surface area contributed by atoms with E-state index in [-0.39, 0.29) is 50.0 Å². The van der Waals surface area contributed by atoms with Gasteiger partial charge in [0.05, 0.1) is 24.4 Å². The fraction of sp³-hybridized carbons (Fsp3) is 0.419. The van der Waals surface area contributed by atoms with Crippen molar-refractivity contribution in [2.45, 2.75) is 64.6 Å². The van der Waals surface area contributed by atoms with Gasteiger partial charge >= 0.3 is 12.3 Å². The molecule has 43 heavy (non-hydrogen) atoms. The smallest absolute Gasteiger partial charge is 0.416 e. The van der Waals surface area contributed by atoms with Gasteiger partial charge in [-0.25, -0.2) is 9.78 Å². The molecule has 3 heterocycles. The molecule has 2 fully saturated rings. The van der Waals surface area contributed by atoms with Crippen LogP contribution >= 0.6 is 0 Å². The Labute approximate surface area is 247 Å². The van der Waals surface area contributed by atoms with E-state index in [1.54, 1.807) is 18.0 Å². The molecule has 0 unspecified atom stereocenters. The summed E-state index contributed by atoms with van der Waals surface area (Å²) in [7, 11) is 0. The molecule has 9 nitrogen and oxygen atoms in total. The number of piperazine rings is 1. The predicted molar refractivity (Wildman–Crippen MR) is 150 cm³/mol. The monoisotopic (exact) mass is 597 g/mol. The molecule has 2 aliphatic heterocycles.